The van der Waals surface area contributed by atoms with Crippen molar-refractivity contribution in [3.8, 4) is 0 Å². The largest absolute Gasteiger partial charge is 0.399 e. The number of hydrogen-bond donors (Lipinski definition) is 1. The molecule has 2 N–H and O–H groups in total. The SMILES string of the molecule is Nc1cccc(C(=O)N2CCCN(Cc3ccc(F)cc3)CC2)c1. The highest BCUT2D eigenvalue weighted by molar-refractivity contribution is 5.95. The van der Waals surface area contributed by atoms with E-state index >= 15 is 0 Å². The molecule has 0 aliphatic carbocycles. The number of halogens is 1. The number of nitrogen functional groups attached to an aromatic ring is 1. The lowest BCUT2D eigenvalue weighted by molar-refractivity contribution is 0.0761. The molecule has 5 heteroatoms. The summed E-state index contributed by atoms with van der Waals surface area (Å²) in [7, 11) is 0. The number of anilines is 1. The average Bonchev–Trinajstić information content (AvgIpc) is 2.82. The van der Waals surface area contributed by atoms with Crippen molar-refractivity contribution in [1.29, 1.82) is 0 Å². The molecule has 1 aliphatic rings. The second-order valence-electron chi connectivity index (χ2n) is 6.17. The van der Waals surface area contributed by atoms with Gasteiger partial charge in [-0.25, -0.2) is 4.39 Å². The van der Waals surface area contributed by atoms with Crippen molar-refractivity contribution < 1.29 is 9.18 Å². The van der Waals surface area contributed by atoms with E-state index in [4.69, 9.17) is 5.73 Å². The van der Waals surface area contributed by atoms with Crippen LogP contribution < -0.4 is 5.73 Å². The minimum atomic E-state index is -0.214. The fraction of sp³-hybridized carbons (Fsp3) is 0.316. The molecule has 4 nitrogen and oxygen atoms in total. The zero-order valence-electron chi connectivity index (χ0n) is 13.6. The molecule has 0 bridgehead atoms. The molecule has 0 spiro atoms. The first kappa shape index (κ1) is 16.5. The summed E-state index contributed by atoms with van der Waals surface area (Å²) in [4.78, 5) is 16.8. The van der Waals surface area contributed by atoms with Crippen molar-refractivity contribution in [3.05, 3.63) is 65.5 Å². The average molecular weight is 327 g/mol. The molecule has 1 aliphatic heterocycles. The second-order valence-corrected chi connectivity index (χ2v) is 6.17. The maximum Gasteiger partial charge on any atom is 0.253 e. The van der Waals surface area contributed by atoms with Crippen LogP contribution in [-0.4, -0.2) is 41.9 Å². The molecule has 1 saturated heterocycles. The van der Waals surface area contributed by atoms with Gasteiger partial charge in [0.1, 0.15) is 5.82 Å². The van der Waals surface area contributed by atoms with Gasteiger partial charge in [-0.05, 0) is 42.3 Å². The maximum atomic E-state index is 13.0. The molecule has 2 aromatic carbocycles. The summed E-state index contributed by atoms with van der Waals surface area (Å²) in [6, 6.07) is 13.7. The highest BCUT2D eigenvalue weighted by atomic mass is 19.1. The fourth-order valence-corrected chi connectivity index (χ4v) is 3.03. The van der Waals surface area contributed by atoms with E-state index in [-0.39, 0.29) is 11.7 Å². The van der Waals surface area contributed by atoms with Gasteiger partial charge in [0.15, 0.2) is 0 Å². The van der Waals surface area contributed by atoms with Crippen LogP contribution in [0.3, 0.4) is 0 Å². The molecular weight excluding hydrogens is 305 g/mol. The Morgan fingerprint density at radius 3 is 2.58 bits per heavy atom. The fourth-order valence-electron chi connectivity index (χ4n) is 3.03. The summed E-state index contributed by atoms with van der Waals surface area (Å²) in [6.07, 6.45) is 0.926. The Kier molecular flexibility index (Phi) is 5.11. The van der Waals surface area contributed by atoms with E-state index in [1.165, 1.54) is 12.1 Å². The minimum absolute atomic E-state index is 0.0333. The van der Waals surface area contributed by atoms with E-state index < -0.39 is 0 Å². The third-order valence-electron chi connectivity index (χ3n) is 4.33. The van der Waals surface area contributed by atoms with Crippen LogP contribution in [0, 0.1) is 5.82 Å². The van der Waals surface area contributed by atoms with E-state index in [0.717, 1.165) is 38.2 Å². The van der Waals surface area contributed by atoms with Gasteiger partial charge in [0.2, 0.25) is 0 Å². The Bertz CT molecular complexity index is 702. The van der Waals surface area contributed by atoms with E-state index in [9.17, 15) is 9.18 Å². The lowest BCUT2D eigenvalue weighted by atomic mass is 10.1. The smallest absolute Gasteiger partial charge is 0.253 e. The monoisotopic (exact) mass is 327 g/mol. The topological polar surface area (TPSA) is 49.6 Å². The molecule has 1 fully saturated rings. The number of carbonyl (C=O) groups is 1. The molecular formula is C19H22FN3O. The molecule has 0 atom stereocenters. The molecule has 126 valence electrons. The van der Waals surface area contributed by atoms with Gasteiger partial charge in [0.25, 0.3) is 5.91 Å². The Morgan fingerprint density at radius 2 is 1.83 bits per heavy atom. The number of amides is 1. The van der Waals surface area contributed by atoms with Crippen molar-refractivity contribution in [2.75, 3.05) is 31.9 Å². The third kappa shape index (κ3) is 4.11. The van der Waals surface area contributed by atoms with Gasteiger partial charge < -0.3 is 10.6 Å². The molecule has 0 radical (unpaired) electrons. The predicted molar refractivity (Wildman–Crippen MR) is 93.1 cm³/mol. The maximum absolute atomic E-state index is 13.0. The molecule has 3 rings (SSSR count). The van der Waals surface area contributed by atoms with E-state index in [1.54, 1.807) is 24.3 Å². The lowest BCUT2D eigenvalue weighted by Gasteiger charge is -2.22. The predicted octanol–water partition coefficient (Wildman–Crippen LogP) is 2.76. The number of benzene rings is 2. The summed E-state index contributed by atoms with van der Waals surface area (Å²) in [5.41, 5.74) is 8.11. The minimum Gasteiger partial charge on any atom is -0.399 e. The molecule has 0 saturated carbocycles. The molecule has 1 amide bonds. The van der Waals surface area contributed by atoms with Gasteiger partial charge in [-0.15, -0.1) is 0 Å². The molecule has 0 unspecified atom stereocenters. The van der Waals surface area contributed by atoms with E-state index in [0.29, 0.717) is 17.8 Å². The molecule has 1 heterocycles. The van der Waals surface area contributed by atoms with Crippen LogP contribution in [0.5, 0.6) is 0 Å². The van der Waals surface area contributed by atoms with Crippen molar-refractivity contribution in [2.45, 2.75) is 13.0 Å². The van der Waals surface area contributed by atoms with Crippen LogP contribution in [0.15, 0.2) is 48.5 Å². The van der Waals surface area contributed by atoms with E-state index in [2.05, 4.69) is 4.90 Å². The standard InChI is InChI=1S/C19H22FN3O/c20-17-7-5-15(6-8-17)14-22-9-2-10-23(12-11-22)19(24)16-3-1-4-18(21)13-16/h1,3-8,13H,2,9-12,14,21H2. The summed E-state index contributed by atoms with van der Waals surface area (Å²) < 4.78 is 13.0. The quantitative estimate of drug-likeness (QED) is 0.882. The number of carbonyl (C=O) groups excluding carboxylic acids is 1. The Hall–Kier alpha value is -2.40. The van der Waals surface area contributed by atoms with Gasteiger partial charge in [0, 0.05) is 44.0 Å². The number of nitrogens with two attached hydrogens (primary N) is 1. The Morgan fingerprint density at radius 1 is 1.04 bits per heavy atom. The highest BCUT2D eigenvalue weighted by Crippen LogP contribution is 2.14. The van der Waals surface area contributed by atoms with Crippen LogP contribution in [0.1, 0.15) is 22.3 Å². The van der Waals surface area contributed by atoms with Crippen LogP contribution in [0.4, 0.5) is 10.1 Å². The van der Waals surface area contributed by atoms with Crippen LogP contribution in [0.2, 0.25) is 0 Å². The van der Waals surface area contributed by atoms with Crippen molar-refractivity contribution in [2.24, 2.45) is 0 Å². The Labute approximate surface area is 141 Å². The highest BCUT2D eigenvalue weighted by Gasteiger charge is 2.20. The first-order valence-corrected chi connectivity index (χ1v) is 8.23. The first-order chi connectivity index (χ1) is 11.6. The molecule has 24 heavy (non-hydrogen) atoms. The summed E-state index contributed by atoms with van der Waals surface area (Å²) in [5.74, 6) is -0.181. The van der Waals surface area contributed by atoms with Crippen molar-refractivity contribution in [3.63, 3.8) is 0 Å². The van der Waals surface area contributed by atoms with Gasteiger partial charge in [0.05, 0.1) is 0 Å². The normalized spacial score (nSPS) is 16.0. The first-order valence-electron chi connectivity index (χ1n) is 8.23. The Balaban J connectivity index is 1.60. The van der Waals surface area contributed by atoms with Crippen molar-refractivity contribution >= 4 is 11.6 Å². The summed E-state index contributed by atoms with van der Waals surface area (Å²) in [6.45, 7) is 3.95. The molecule has 2 aromatic rings. The number of nitrogens with zero attached hydrogens (tertiary/aromatic N) is 2. The number of hydrogen-bond acceptors (Lipinski definition) is 3. The zero-order valence-corrected chi connectivity index (χ0v) is 13.6. The summed E-state index contributed by atoms with van der Waals surface area (Å²) >= 11 is 0. The van der Waals surface area contributed by atoms with Gasteiger partial charge in [-0.1, -0.05) is 18.2 Å². The van der Waals surface area contributed by atoms with Gasteiger partial charge >= 0.3 is 0 Å². The second kappa shape index (κ2) is 7.45. The third-order valence-corrected chi connectivity index (χ3v) is 4.33. The van der Waals surface area contributed by atoms with Crippen LogP contribution in [-0.2, 0) is 6.54 Å². The number of rotatable bonds is 3. The van der Waals surface area contributed by atoms with Crippen LogP contribution >= 0.6 is 0 Å². The summed E-state index contributed by atoms with van der Waals surface area (Å²) in [5, 5.41) is 0. The van der Waals surface area contributed by atoms with Crippen molar-refractivity contribution in [1.82, 2.24) is 9.80 Å². The van der Waals surface area contributed by atoms with Gasteiger partial charge in [-0.2, -0.15) is 0 Å². The van der Waals surface area contributed by atoms with E-state index in [1.807, 2.05) is 17.0 Å². The lowest BCUT2D eigenvalue weighted by Crippen LogP contribution is -2.35. The zero-order chi connectivity index (χ0) is 16.9. The van der Waals surface area contributed by atoms with Gasteiger partial charge in [-0.3, -0.25) is 9.69 Å². The van der Waals surface area contributed by atoms with Crippen LogP contribution in [0.25, 0.3) is 0 Å². The molecule has 0 aromatic heterocycles.